The van der Waals surface area contributed by atoms with Crippen LogP contribution >= 0.6 is 0 Å². The molecule has 0 saturated heterocycles. The summed E-state index contributed by atoms with van der Waals surface area (Å²) in [5.41, 5.74) is 1.93. The molecule has 20 heavy (non-hydrogen) atoms. The zero-order valence-corrected chi connectivity index (χ0v) is 11.3. The molecule has 0 spiro atoms. The Hall–Kier alpha value is -2.10. The average Bonchev–Trinajstić information content (AvgIpc) is 3.12. The van der Waals surface area contributed by atoms with Crippen LogP contribution in [0, 0.1) is 5.82 Å². The Bertz CT molecular complexity index is 614. The Morgan fingerprint density at radius 1 is 1.25 bits per heavy atom. The molecule has 1 aliphatic carbocycles. The van der Waals surface area contributed by atoms with Gasteiger partial charge in [0.2, 0.25) is 5.91 Å². The van der Waals surface area contributed by atoms with Crippen LogP contribution in [0.3, 0.4) is 0 Å². The summed E-state index contributed by atoms with van der Waals surface area (Å²) in [7, 11) is 0. The van der Waals surface area contributed by atoms with E-state index in [1.807, 2.05) is 30.0 Å². The number of rotatable bonds is 4. The highest BCUT2D eigenvalue weighted by Crippen LogP contribution is 2.23. The third-order valence-corrected chi connectivity index (χ3v) is 3.64. The topological polar surface area (TPSA) is 34.0 Å². The fourth-order valence-corrected chi connectivity index (χ4v) is 2.15. The normalized spacial score (nSPS) is 15.9. The van der Waals surface area contributed by atoms with Crippen molar-refractivity contribution in [2.24, 2.45) is 0 Å². The Labute approximate surface area is 117 Å². The van der Waals surface area contributed by atoms with E-state index in [0.717, 1.165) is 24.0 Å². The van der Waals surface area contributed by atoms with Gasteiger partial charge in [-0.2, -0.15) is 0 Å². The minimum atomic E-state index is -0.245. The number of nitrogens with zero attached hydrogens (tertiary/aromatic N) is 1. The SMILES string of the molecule is CC(C(=O)NC1CC1)n1ccc(-c2ccc(F)cc2)c1. The summed E-state index contributed by atoms with van der Waals surface area (Å²) in [5, 5.41) is 3.00. The molecule has 0 radical (unpaired) electrons. The summed E-state index contributed by atoms with van der Waals surface area (Å²) in [6.07, 6.45) is 5.98. The predicted octanol–water partition coefficient (Wildman–Crippen LogP) is 3.13. The maximum Gasteiger partial charge on any atom is 0.242 e. The van der Waals surface area contributed by atoms with E-state index in [9.17, 15) is 9.18 Å². The van der Waals surface area contributed by atoms with Crippen LogP contribution in [-0.4, -0.2) is 16.5 Å². The lowest BCUT2D eigenvalue weighted by atomic mass is 10.1. The molecule has 3 rings (SSSR count). The quantitative estimate of drug-likeness (QED) is 0.911. The molecule has 1 atom stereocenters. The van der Waals surface area contributed by atoms with Crippen LogP contribution in [0.5, 0.6) is 0 Å². The van der Waals surface area contributed by atoms with Crippen molar-refractivity contribution in [3.63, 3.8) is 0 Å². The van der Waals surface area contributed by atoms with Crippen molar-refractivity contribution in [1.29, 1.82) is 0 Å². The maximum atomic E-state index is 12.9. The highest BCUT2D eigenvalue weighted by atomic mass is 19.1. The molecule has 1 aromatic carbocycles. The molecule has 1 fully saturated rings. The van der Waals surface area contributed by atoms with Crippen molar-refractivity contribution in [1.82, 2.24) is 9.88 Å². The van der Waals surface area contributed by atoms with Crippen molar-refractivity contribution < 1.29 is 9.18 Å². The van der Waals surface area contributed by atoms with Crippen molar-refractivity contribution in [2.75, 3.05) is 0 Å². The van der Waals surface area contributed by atoms with Gasteiger partial charge >= 0.3 is 0 Å². The lowest BCUT2D eigenvalue weighted by Gasteiger charge is -2.13. The third kappa shape index (κ3) is 2.74. The molecule has 1 N–H and O–H groups in total. The summed E-state index contributed by atoms with van der Waals surface area (Å²) < 4.78 is 14.8. The van der Waals surface area contributed by atoms with Gasteiger partial charge in [-0.15, -0.1) is 0 Å². The largest absolute Gasteiger partial charge is 0.352 e. The smallest absolute Gasteiger partial charge is 0.242 e. The minimum Gasteiger partial charge on any atom is -0.352 e. The fraction of sp³-hybridized carbons (Fsp3) is 0.312. The zero-order valence-electron chi connectivity index (χ0n) is 11.3. The predicted molar refractivity (Wildman–Crippen MR) is 75.7 cm³/mol. The highest BCUT2D eigenvalue weighted by Gasteiger charge is 2.26. The summed E-state index contributed by atoms with van der Waals surface area (Å²) in [6.45, 7) is 1.88. The second-order valence-corrected chi connectivity index (χ2v) is 5.31. The van der Waals surface area contributed by atoms with Gasteiger partial charge in [0.1, 0.15) is 11.9 Å². The molecular formula is C16H17FN2O. The van der Waals surface area contributed by atoms with Crippen LogP contribution in [0.1, 0.15) is 25.8 Å². The van der Waals surface area contributed by atoms with E-state index in [4.69, 9.17) is 0 Å². The monoisotopic (exact) mass is 272 g/mol. The number of carbonyl (C=O) groups is 1. The molecule has 1 saturated carbocycles. The van der Waals surface area contributed by atoms with E-state index in [0.29, 0.717) is 6.04 Å². The van der Waals surface area contributed by atoms with E-state index >= 15 is 0 Å². The molecule has 1 unspecified atom stereocenters. The van der Waals surface area contributed by atoms with Gasteiger partial charge in [0, 0.05) is 18.4 Å². The Morgan fingerprint density at radius 2 is 1.95 bits per heavy atom. The third-order valence-electron chi connectivity index (χ3n) is 3.64. The number of benzene rings is 1. The van der Waals surface area contributed by atoms with Gasteiger partial charge in [0.25, 0.3) is 0 Å². The second-order valence-electron chi connectivity index (χ2n) is 5.31. The molecule has 4 heteroatoms. The van der Waals surface area contributed by atoms with E-state index in [2.05, 4.69) is 5.32 Å². The standard InChI is InChI=1S/C16H17FN2O/c1-11(16(20)18-15-6-7-15)19-9-8-13(10-19)12-2-4-14(17)5-3-12/h2-5,8-11,15H,6-7H2,1H3,(H,18,20). The molecule has 104 valence electrons. The number of amides is 1. The zero-order chi connectivity index (χ0) is 14.1. The molecular weight excluding hydrogens is 255 g/mol. The summed E-state index contributed by atoms with van der Waals surface area (Å²) in [4.78, 5) is 12.0. The van der Waals surface area contributed by atoms with Crippen molar-refractivity contribution in [3.8, 4) is 11.1 Å². The Kier molecular flexibility index (Phi) is 3.30. The number of nitrogens with one attached hydrogen (secondary N) is 1. The van der Waals surface area contributed by atoms with Crippen LogP contribution in [0.2, 0.25) is 0 Å². The Balaban J connectivity index is 1.75. The van der Waals surface area contributed by atoms with Gasteiger partial charge in [-0.3, -0.25) is 4.79 Å². The van der Waals surface area contributed by atoms with Gasteiger partial charge in [-0.1, -0.05) is 12.1 Å². The first-order chi connectivity index (χ1) is 9.63. The molecule has 1 heterocycles. The van der Waals surface area contributed by atoms with Gasteiger partial charge in [0.15, 0.2) is 0 Å². The maximum absolute atomic E-state index is 12.9. The lowest BCUT2D eigenvalue weighted by molar-refractivity contribution is -0.124. The van der Waals surface area contributed by atoms with Crippen molar-refractivity contribution >= 4 is 5.91 Å². The highest BCUT2D eigenvalue weighted by molar-refractivity contribution is 5.80. The first kappa shape index (κ1) is 12.9. The van der Waals surface area contributed by atoms with Gasteiger partial charge in [-0.05, 0) is 49.1 Å². The number of hydrogen-bond acceptors (Lipinski definition) is 1. The van der Waals surface area contributed by atoms with E-state index in [-0.39, 0.29) is 17.8 Å². The van der Waals surface area contributed by atoms with Gasteiger partial charge in [0.05, 0.1) is 0 Å². The fourth-order valence-electron chi connectivity index (χ4n) is 2.15. The van der Waals surface area contributed by atoms with Crippen LogP contribution in [0.15, 0.2) is 42.7 Å². The van der Waals surface area contributed by atoms with Crippen molar-refractivity contribution in [3.05, 3.63) is 48.5 Å². The summed E-state index contributed by atoms with van der Waals surface area (Å²) >= 11 is 0. The molecule has 1 aromatic heterocycles. The molecule has 1 amide bonds. The van der Waals surface area contributed by atoms with E-state index in [1.54, 1.807) is 12.1 Å². The van der Waals surface area contributed by atoms with Gasteiger partial charge < -0.3 is 9.88 Å². The van der Waals surface area contributed by atoms with Crippen molar-refractivity contribution in [2.45, 2.75) is 31.8 Å². The van der Waals surface area contributed by atoms with E-state index in [1.165, 1.54) is 12.1 Å². The van der Waals surface area contributed by atoms with Crippen LogP contribution in [0.25, 0.3) is 11.1 Å². The van der Waals surface area contributed by atoms with Crippen LogP contribution < -0.4 is 5.32 Å². The number of hydrogen-bond donors (Lipinski definition) is 1. The molecule has 1 aliphatic rings. The molecule has 0 bridgehead atoms. The minimum absolute atomic E-state index is 0.0498. The van der Waals surface area contributed by atoms with Crippen LogP contribution in [-0.2, 0) is 4.79 Å². The second kappa shape index (κ2) is 5.12. The summed E-state index contributed by atoms with van der Waals surface area (Å²) in [5.74, 6) is -0.195. The van der Waals surface area contributed by atoms with Gasteiger partial charge in [-0.25, -0.2) is 4.39 Å². The lowest BCUT2D eigenvalue weighted by Crippen LogP contribution is -2.32. The van der Waals surface area contributed by atoms with E-state index < -0.39 is 0 Å². The average molecular weight is 272 g/mol. The molecule has 2 aromatic rings. The first-order valence-corrected chi connectivity index (χ1v) is 6.87. The molecule has 3 nitrogen and oxygen atoms in total. The van der Waals surface area contributed by atoms with Crippen LogP contribution in [0.4, 0.5) is 4.39 Å². The number of aromatic nitrogens is 1. The molecule has 0 aliphatic heterocycles. The number of halogens is 1. The summed E-state index contributed by atoms with van der Waals surface area (Å²) in [6, 6.07) is 8.44. The number of carbonyl (C=O) groups excluding carboxylic acids is 1. The Morgan fingerprint density at radius 3 is 2.60 bits per heavy atom. The first-order valence-electron chi connectivity index (χ1n) is 6.87.